The maximum absolute atomic E-state index is 16.1. The number of hydrogen-bond acceptors (Lipinski definition) is 6. The van der Waals surface area contributed by atoms with Gasteiger partial charge in [0.2, 0.25) is 0 Å². The number of nitrogens with two attached hydrogens (primary N) is 1. The first-order chi connectivity index (χ1) is 18.1. The molecule has 0 saturated carbocycles. The van der Waals surface area contributed by atoms with E-state index < -0.39 is 29.9 Å². The van der Waals surface area contributed by atoms with Gasteiger partial charge in [-0.05, 0) is 0 Å². The first-order valence-electron chi connectivity index (χ1n) is 11.3. The van der Waals surface area contributed by atoms with Crippen LogP contribution in [0.3, 0.4) is 0 Å². The molecule has 0 aliphatic carbocycles. The fraction of sp³-hybridized carbons (Fsp3) is 0.148. The quantitative estimate of drug-likeness (QED) is 0.258. The Labute approximate surface area is 224 Å². The average molecular weight is 585 g/mol. The third kappa shape index (κ3) is 5.98. The summed E-state index contributed by atoms with van der Waals surface area (Å²) in [5.41, 5.74) is 7.15. The summed E-state index contributed by atoms with van der Waals surface area (Å²) >= 11 is 0.981. The Balaban J connectivity index is 1.69. The number of phenolic OH excluding ortho intramolecular Hbond substituents is 1. The van der Waals surface area contributed by atoms with Crippen molar-refractivity contribution in [2.24, 2.45) is 5.73 Å². The van der Waals surface area contributed by atoms with Crippen LogP contribution in [0.2, 0.25) is 0 Å². The van der Waals surface area contributed by atoms with E-state index in [1.807, 2.05) is 0 Å². The number of carboxylic acid groups (broad SMARTS) is 1. The van der Waals surface area contributed by atoms with Gasteiger partial charge >= 0.3 is 225 Å². The number of ether oxygens (including phenoxy) is 1. The van der Waals surface area contributed by atoms with Crippen LogP contribution in [0.5, 0.6) is 11.6 Å². The standard InChI is InChI=1S/C27H23AsF3N3O4/c28-26-33-22(16-10-8-15(9-11-16)12-21(32)24(36)37)14-23(34-26)38-27(31,25(29)30)20-7-2-1-6-19(20)17-4-3-5-18(35)13-17/h1-11,13-14,21,25,35H,12,28,32H2,(H,36,37)/t21-,27?/m0/s1. The number of carbonyl (C=O) groups is 1. The topological polar surface area (TPSA) is 119 Å². The molecule has 38 heavy (non-hydrogen) atoms. The number of halogens is 3. The van der Waals surface area contributed by atoms with Crippen molar-refractivity contribution in [3.8, 4) is 34.0 Å². The molecule has 4 rings (SSSR count). The van der Waals surface area contributed by atoms with E-state index in [4.69, 9.17) is 15.6 Å². The fourth-order valence-corrected chi connectivity index (χ4v) is 4.43. The van der Waals surface area contributed by atoms with Gasteiger partial charge in [0.05, 0.1) is 0 Å². The summed E-state index contributed by atoms with van der Waals surface area (Å²) in [7, 11) is 0. The molecule has 0 saturated heterocycles. The van der Waals surface area contributed by atoms with E-state index in [0.29, 0.717) is 22.4 Å². The van der Waals surface area contributed by atoms with Crippen LogP contribution in [0.1, 0.15) is 11.1 Å². The average Bonchev–Trinajstić information content (AvgIpc) is 2.88. The third-order valence-corrected chi connectivity index (χ3v) is 6.27. The van der Waals surface area contributed by atoms with Crippen molar-refractivity contribution >= 4 is 27.4 Å². The van der Waals surface area contributed by atoms with Crippen LogP contribution >= 0.6 is 0 Å². The van der Waals surface area contributed by atoms with Crippen LogP contribution in [-0.4, -0.2) is 55.5 Å². The second-order valence-electron chi connectivity index (χ2n) is 8.44. The normalized spacial score (nSPS) is 13.6. The molecule has 2 unspecified atom stereocenters. The molecule has 0 spiro atoms. The predicted octanol–water partition coefficient (Wildman–Crippen LogP) is 3.20. The number of phenols is 1. The Kier molecular flexibility index (Phi) is 8.04. The van der Waals surface area contributed by atoms with Crippen molar-refractivity contribution in [3.05, 3.63) is 90.0 Å². The van der Waals surface area contributed by atoms with Crippen molar-refractivity contribution in [2.75, 3.05) is 0 Å². The third-order valence-electron chi connectivity index (χ3n) is 5.73. The second-order valence-corrected chi connectivity index (χ2v) is 9.52. The van der Waals surface area contributed by atoms with Crippen LogP contribution in [0.25, 0.3) is 22.4 Å². The number of nitrogens with zero attached hydrogens (tertiary/aromatic N) is 2. The number of hydrogen-bond donors (Lipinski definition) is 3. The van der Waals surface area contributed by atoms with E-state index in [2.05, 4.69) is 9.97 Å². The SMILES string of the molecule is N[C@@H](Cc1ccc(-c2cc(OC(F)(c3ccccc3-c3cccc(O)c3)C(F)F)nc([AsH2])n2)cc1)C(=O)O. The van der Waals surface area contributed by atoms with Gasteiger partial charge in [0.15, 0.2) is 0 Å². The zero-order chi connectivity index (χ0) is 27.4. The Hall–Kier alpha value is -3.88. The molecule has 0 bridgehead atoms. The van der Waals surface area contributed by atoms with Gasteiger partial charge in [0.1, 0.15) is 0 Å². The summed E-state index contributed by atoms with van der Waals surface area (Å²) in [5.74, 6) is -5.18. The van der Waals surface area contributed by atoms with E-state index in [1.165, 1.54) is 42.5 Å². The first-order valence-corrected chi connectivity index (χ1v) is 12.5. The minimum atomic E-state index is -3.58. The molecule has 11 heteroatoms. The fourth-order valence-electron chi connectivity index (χ4n) is 3.87. The van der Waals surface area contributed by atoms with Gasteiger partial charge in [0, 0.05) is 0 Å². The Bertz CT molecular complexity index is 1460. The van der Waals surface area contributed by atoms with Gasteiger partial charge in [-0.1, -0.05) is 0 Å². The van der Waals surface area contributed by atoms with E-state index in [1.54, 1.807) is 36.4 Å². The van der Waals surface area contributed by atoms with Crippen LogP contribution in [0.15, 0.2) is 78.9 Å². The summed E-state index contributed by atoms with van der Waals surface area (Å²) in [6.45, 7) is 0. The van der Waals surface area contributed by atoms with Gasteiger partial charge < -0.3 is 0 Å². The second kappa shape index (κ2) is 11.2. The number of aromatic nitrogens is 2. The molecule has 3 aromatic carbocycles. The van der Waals surface area contributed by atoms with Gasteiger partial charge in [-0.2, -0.15) is 0 Å². The molecule has 0 aliphatic rings. The van der Waals surface area contributed by atoms with Crippen molar-refractivity contribution < 1.29 is 32.9 Å². The van der Waals surface area contributed by atoms with Gasteiger partial charge in [0.25, 0.3) is 0 Å². The monoisotopic (exact) mass is 585 g/mol. The number of carboxylic acids is 1. The summed E-state index contributed by atoms with van der Waals surface area (Å²) in [4.78, 5) is 19.4. The number of alkyl halides is 3. The van der Waals surface area contributed by atoms with Gasteiger partial charge in [-0.15, -0.1) is 0 Å². The number of aliphatic carboxylic acids is 1. The molecule has 1 aromatic heterocycles. The van der Waals surface area contributed by atoms with Crippen LogP contribution in [-0.2, 0) is 17.1 Å². The summed E-state index contributed by atoms with van der Waals surface area (Å²) in [6.07, 6.45) is -3.46. The molecule has 1 heterocycles. The van der Waals surface area contributed by atoms with Gasteiger partial charge in [-0.25, -0.2) is 0 Å². The van der Waals surface area contributed by atoms with Crippen molar-refractivity contribution in [1.82, 2.24) is 9.97 Å². The Morgan fingerprint density at radius 3 is 2.37 bits per heavy atom. The molecular weight excluding hydrogens is 562 g/mol. The van der Waals surface area contributed by atoms with Crippen molar-refractivity contribution in [2.45, 2.75) is 24.7 Å². The molecule has 7 nitrogen and oxygen atoms in total. The molecule has 0 fully saturated rings. The van der Waals surface area contributed by atoms with E-state index in [-0.39, 0.29) is 28.2 Å². The van der Waals surface area contributed by atoms with Crippen molar-refractivity contribution in [3.63, 3.8) is 0 Å². The molecule has 0 radical (unpaired) electrons. The maximum atomic E-state index is 16.1. The minimum absolute atomic E-state index is 0.103. The zero-order valence-electron chi connectivity index (χ0n) is 19.8. The number of aromatic hydroxyl groups is 1. The summed E-state index contributed by atoms with van der Waals surface area (Å²) < 4.78 is 50.3. The van der Waals surface area contributed by atoms with Crippen LogP contribution in [0, 0.1) is 0 Å². The molecule has 196 valence electrons. The number of benzene rings is 3. The van der Waals surface area contributed by atoms with E-state index >= 15 is 4.39 Å². The first kappa shape index (κ1) is 27.2. The molecule has 4 aromatic rings. The zero-order valence-corrected chi connectivity index (χ0v) is 22.2. The molecule has 0 aliphatic heterocycles. The molecule has 3 atom stereocenters. The van der Waals surface area contributed by atoms with E-state index in [9.17, 15) is 18.7 Å². The Morgan fingerprint density at radius 2 is 1.71 bits per heavy atom. The molecular formula is C27H23AsF3N3O4. The number of rotatable bonds is 9. The van der Waals surface area contributed by atoms with Crippen molar-refractivity contribution in [1.29, 1.82) is 0 Å². The molecule has 0 amide bonds. The van der Waals surface area contributed by atoms with Crippen LogP contribution < -0.4 is 15.1 Å². The Morgan fingerprint density at radius 1 is 1.00 bits per heavy atom. The van der Waals surface area contributed by atoms with Crippen LogP contribution in [0.4, 0.5) is 13.2 Å². The van der Waals surface area contributed by atoms with E-state index in [0.717, 1.165) is 16.9 Å². The predicted molar refractivity (Wildman–Crippen MR) is 138 cm³/mol. The van der Waals surface area contributed by atoms with Gasteiger partial charge in [-0.3, -0.25) is 0 Å². The molecule has 4 N–H and O–H groups in total. The summed E-state index contributed by atoms with van der Waals surface area (Å²) in [5, 5.41) is 18.8. The summed E-state index contributed by atoms with van der Waals surface area (Å²) in [6, 6.07) is 18.4.